The van der Waals surface area contributed by atoms with Gasteiger partial charge in [-0.25, -0.2) is 4.79 Å². The number of carboxylic acid groups (broad SMARTS) is 1. The van der Waals surface area contributed by atoms with Gasteiger partial charge in [0.15, 0.2) is 0 Å². The third kappa shape index (κ3) is 2.51. The van der Waals surface area contributed by atoms with Crippen LogP contribution in [0.25, 0.3) is 0 Å². The zero-order valence-corrected chi connectivity index (χ0v) is 10.3. The molecular formula is C13H15N3O2. The van der Waals surface area contributed by atoms with Crippen molar-refractivity contribution in [3.05, 3.63) is 47.3 Å². The molecular weight excluding hydrogens is 230 g/mol. The Hall–Kier alpha value is -2.30. The standard InChI is InChI=1S/C13H15N3O2/c1-9-4-3-5-10(6-9)14-8-12-11(13(17)18)7-15-16(12)2/h3-7,14H,8H2,1-2H3,(H,17,18). The molecule has 0 aliphatic heterocycles. The van der Waals surface area contributed by atoms with Gasteiger partial charge in [0.05, 0.1) is 18.4 Å². The maximum Gasteiger partial charge on any atom is 0.339 e. The van der Waals surface area contributed by atoms with Crippen LogP contribution >= 0.6 is 0 Å². The minimum Gasteiger partial charge on any atom is -0.478 e. The van der Waals surface area contributed by atoms with Gasteiger partial charge in [0, 0.05) is 12.7 Å². The Kier molecular flexibility index (Phi) is 3.32. The fourth-order valence-corrected chi connectivity index (χ4v) is 1.79. The summed E-state index contributed by atoms with van der Waals surface area (Å²) in [6.45, 7) is 2.44. The monoisotopic (exact) mass is 245 g/mol. The van der Waals surface area contributed by atoms with Crippen LogP contribution < -0.4 is 5.32 Å². The Labute approximate surface area is 105 Å². The molecule has 1 heterocycles. The van der Waals surface area contributed by atoms with E-state index in [0.29, 0.717) is 12.2 Å². The number of aromatic nitrogens is 2. The molecule has 0 unspecified atom stereocenters. The number of aromatic carboxylic acids is 1. The van der Waals surface area contributed by atoms with E-state index in [2.05, 4.69) is 10.4 Å². The van der Waals surface area contributed by atoms with Gasteiger partial charge >= 0.3 is 5.97 Å². The van der Waals surface area contributed by atoms with Gasteiger partial charge in [0.2, 0.25) is 0 Å². The summed E-state index contributed by atoms with van der Waals surface area (Å²) in [6.07, 6.45) is 1.37. The van der Waals surface area contributed by atoms with Gasteiger partial charge in [-0.2, -0.15) is 5.10 Å². The van der Waals surface area contributed by atoms with Gasteiger partial charge in [-0.05, 0) is 24.6 Å². The molecule has 0 aliphatic rings. The molecule has 0 radical (unpaired) electrons. The van der Waals surface area contributed by atoms with E-state index in [0.717, 1.165) is 11.3 Å². The summed E-state index contributed by atoms with van der Waals surface area (Å²) < 4.78 is 1.58. The van der Waals surface area contributed by atoms with Crippen LogP contribution in [0, 0.1) is 6.92 Å². The highest BCUT2D eigenvalue weighted by molar-refractivity contribution is 5.88. The van der Waals surface area contributed by atoms with Crippen molar-refractivity contribution in [3.63, 3.8) is 0 Å². The summed E-state index contributed by atoms with van der Waals surface area (Å²) in [6, 6.07) is 7.93. The van der Waals surface area contributed by atoms with Crippen molar-refractivity contribution in [2.75, 3.05) is 5.32 Å². The number of nitrogens with one attached hydrogen (secondary N) is 1. The zero-order valence-electron chi connectivity index (χ0n) is 10.3. The van der Waals surface area contributed by atoms with E-state index in [1.165, 1.54) is 6.20 Å². The van der Waals surface area contributed by atoms with Gasteiger partial charge in [0.25, 0.3) is 0 Å². The number of nitrogens with zero attached hydrogens (tertiary/aromatic N) is 2. The number of rotatable bonds is 4. The minimum absolute atomic E-state index is 0.234. The molecule has 1 aromatic heterocycles. The minimum atomic E-state index is -0.954. The SMILES string of the molecule is Cc1cccc(NCc2c(C(=O)O)cnn2C)c1. The first kappa shape index (κ1) is 12.2. The first-order valence-electron chi connectivity index (χ1n) is 5.62. The quantitative estimate of drug-likeness (QED) is 0.865. The summed E-state index contributed by atoms with van der Waals surface area (Å²) in [5.41, 5.74) is 3.01. The fraction of sp³-hybridized carbons (Fsp3) is 0.231. The van der Waals surface area contributed by atoms with E-state index in [-0.39, 0.29) is 5.56 Å². The van der Waals surface area contributed by atoms with Crippen molar-refractivity contribution in [2.45, 2.75) is 13.5 Å². The number of hydrogen-bond donors (Lipinski definition) is 2. The van der Waals surface area contributed by atoms with E-state index < -0.39 is 5.97 Å². The van der Waals surface area contributed by atoms with Crippen LogP contribution in [0.15, 0.2) is 30.5 Å². The average Bonchev–Trinajstić information content (AvgIpc) is 2.68. The Morgan fingerprint density at radius 2 is 2.28 bits per heavy atom. The van der Waals surface area contributed by atoms with Gasteiger partial charge in [-0.3, -0.25) is 4.68 Å². The first-order chi connectivity index (χ1) is 8.58. The lowest BCUT2D eigenvalue weighted by atomic mass is 10.2. The van der Waals surface area contributed by atoms with E-state index in [1.807, 2.05) is 31.2 Å². The highest BCUT2D eigenvalue weighted by atomic mass is 16.4. The summed E-state index contributed by atoms with van der Waals surface area (Å²) >= 11 is 0. The van der Waals surface area contributed by atoms with Crippen LogP contribution in [0.1, 0.15) is 21.6 Å². The Balaban J connectivity index is 2.15. The molecule has 0 aliphatic carbocycles. The van der Waals surface area contributed by atoms with Crippen molar-refractivity contribution in [2.24, 2.45) is 7.05 Å². The molecule has 0 spiro atoms. The Bertz CT molecular complexity index is 575. The lowest BCUT2D eigenvalue weighted by Gasteiger charge is -2.08. The number of carbonyl (C=O) groups is 1. The summed E-state index contributed by atoms with van der Waals surface area (Å²) in [5, 5.41) is 16.2. The van der Waals surface area contributed by atoms with Crippen LogP contribution in [-0.4, -0.2) is 20.9 Å². The second kappa shape index (κ2) is 4.91. The van der Waals surface area contributed by atoms with Crippen LogP contribution in [0.4, 0.5) is 5.69 Å². The molecule has 2 rings (SSSR count). The smallest absolute Gasteiger partial charge is 0.339 e. The van der Waals surface area contributed by atoms with Gasteiger partial charge in [0.1, 0.15) is 5.56 Å². The molecule has 0 amide bonds. The van der Waals surface area contributed by atoms with E-state index >= 15 is 0 Å². The van der Waals surface area contributed by atoms with Crippen molar-refractivity contribution in [1.29, 1.82) is 0 Å². The number of benzene rings is 1. The van der Waals surface area contributed by atoms with Crippen molar-refractivity contribution in [1.82, 2.24) is 9.78 Å². The average molecular weight is 245 g/mol. The second-order valence-corrected chi connectivity index (χ2v) is 4.16. The molecule has 5 heteroatoms. The molecule has 0 fully saturated rings. The van der Waals surface area contributed by atoms with Gasteiger partial charge in [-0.15, -0.1) is 0 Å². The molecule has 0 atom stereocenters. The predicted molar refractivity (Wildman–Crippen MR) is 68.7 cm³/mol. The molecule has 2 N–H and O–H groups in total. The Morgan fingerprint density at radius 3 is 2.94 bits per heavy atom. The second-order valence-electron chi connectivity index (χ2n) is 4.16. The van der Waals surface area contributed by atoms with E-state index in [9.17, 15) is 4.79 Å². The number of aryl methyl sites for hydroxylation is 2. The van der Waals surface area contributed by atoms with Crippen LogP contribution in [0.3, 0.4) is 0 Å². The first-order valence-corrected chi connectivity index (χ1v) is 5.62. The molecule has 0 saturated carbocycles. The normalized spacial score (nSPS) is 10.3. The molecule has 1 aromatic carbocycles. The summed E-state index contributed by atoms with van der Waals surface area (Å²) in [5.74, 6) is -0.954. The molecule has 5 nitrogen and oxygen atoms in total. The lowest BCUT2D eigenvalue weighted by Crippen LogP contribution is -2.10. The van der Waals surface area contributed by atoms with E-state index in [4.69, 9.17) is 5.11 Å². The van der Waals surface area contributed by atoms with Gasteiger partial charge in [-0.1, -0.05) is 12.1 Å². The predicted octanol–water partition coefficient (Wildman–Crippen LogP) is 2.04. The van der Waals surface area contributed by atoms with Crippen molar-refractivity contribution >= 4 is 11.7 Å². The van der Waals surface area contributed by atoms with Crippen LogP contribution in [0.2, 0.25) is 0 Å². The Morgan fingerprint density at radius 1 is 1.50 bits per heavy atom. The molecule has 94 valence electrons. The number of anilines is 1. The third-order valence-electron chi connectivity index (χ3n) is 2.77. The highest BCUT2D eigenvalue weighted by Crippen LogP contribution is 2.13. The largest absolute Gasteiger partial charge is 0.478 e. The van der Waals surface area contributed by atoms with Crippen molar-refractivity contribution < 1.29 is 9.90 Å². The number of hydrogen-bond acceptors (Lipinski definition) is 3. The maximum absolute atomic E-state index is 11.0. The molecule has 0 saturated heterocycles. The summed E-state index contributed by atoms with van der Waals surface area (Å²) in [4.78, 5) is 11.0. The summed E-state index contributed by atoms with van der Waals surface area (Å²) in [7, 11) is 1.74. The molecule has 2 aromatic rings. The van der Waals surface area contributed by atoms with Crippen molar-refractivity contribution in [3.8, 4) is 0 Å². The topological polar surface area (TPSA) is 67.2 Å². The zero-order chi connectivity index (χ0) is 13.1. The molecule has 0 bridgehead atoms. The number of carboxylic acids is 1. The van der Waals surface area contributed by atoms with Crippen LogP contribution in [0.5, 0.6) is 0 Å². The maximum atomic E-state index is 11.0. The lowest BCUT2D eigenvalue weighted by molar-refractivity contribution is 0.0695. The third-order valence-corrected chi connectivity index (χ3v) is 2.77. The van der Waals surface area contributed by atoms with Gasteiger partial charge < -0.3 is 10.4 Å². The highest BCUT2D eigenvalue weighted by Gasteiger charge is 2.14. The van der Waals surface area contributed by atoms with Crippen LogP contribution in [-0.2, 0) is 13.6 Å². The fourth-order valence-electron chi connectivity index (χ4n) is 1.79. The molecule has 18 heavy (non-hydrogen) atoms. The van der Waals surface area contributed by atoms with E-state index in [1.54, 1.807) is 11.7 Å².